The first-order chi connectivity index (χ1) is 13.3. The lowest BCUT2D eigenvalue weighted by Gasteiger charge is -2.11. The number of nitrogens with one attached hydrogen (secondary N) is 2. The van der Waals surface area contributed by atoms with E-state index in [1.165, 1.54) is 33.3 Å². The zero-order valence-electron chi connectivity index (χ0n) is 15.5. The summed E-state index contributed by atoms with van der Waals surface area (Å²) < 4.78 is 15.2. The molecule has 28 heavy (non-hydrogen) atoms. The number of carbonyl (C=O) groups is 3. The van der Waals surface area contributed by atoms with E-state index in [9.17, 15) is 14.4 Å². The Morgan fingerprint density at radius 3 is 2.11 bits per heavy atom. The maximum atomic E-state index is 12.2. The molecule has 148 valence electrons. The first kappa shape index (κ1) is 21.0. The van der Waals surface area contributed by atoms with E-state index in [1.54, 1.807) is 24.3 Å². The Hall–Kier alpha value is -3.26. The molecule has 2 N–H and O–H groups in total. The van der Waals surface area contributed by atoms with Crippen LogP contribution in [0.2, 0.25) is 5.02 Å². The van der Waals surface area contributed by atoms with Crippen molar-refractivity contribution in [2.45, 2.75) is 6.92 Å². The van der Waals surface area contributed by atoms with Crippen molar-refractivity contribution in [3.05, 3.63) is 47.0 Å². The van der Waals surface area contributed by atoms with Gasteiger partial charge in [0.15, 0.2) is 18.1 Å². The Kier molecular flexibility index (Phi) is 7.22. The number of ether oxygens (including phenoxy) is 3. The molecule has 8 nitrogen and oxygen atoms in total. The number of amides is 2. The smallest absolute Gasteiger partial charge is 0.338 e. The van der Waals surface area contributed by atoms with Gasteiger partial charge in [-0.1, -0.05) is 11.6 Å². The van der Waals surface area contributed by atoms with Crippen molar-refractivity contribution in [3.8, 4) is 11.5 Å². The van der Waals surface area contributed by atoms with Gasteiger partial charge in [-0.3, -0.25) is 9.59 Å². The number of hydrogen-bond acceptors (Lipinski definition) is 6. The van der Waals surface area contributed by atoms with Gasteiger partial charge < -0.3 is 24.8 Å². The van der Waals surface area contributed by atoms with Crippen LogP contribution in [-0.2, 0) is 14.3 Å². The van der Waals surface area contributed by atoms with Gasteiger partial charge in [0.05, 0.1) is 24.8 Å². The van der Waals surface area contributed by atoms with Crippen LogP contribution in [-0.4, -0.2) is 38.6 Å². The number of anilines is 2. The van der Waals surface area contributed by atoms with E-state index in [-0.39, 0.29) is 22.2 Å². The molecule has 2 aromatic carbocycles. The zero-order valence-corrected chi connectivity index (χ0v) is 16.3. The van der Waals surface area contributed by atoms with Crippen LogP contribution in [0.4, 0.5) is 11.4 Å². The molecule has 0 saturated carbocycles. The molecule has 0 unspecified atom stereocenters. The van der Waals surface area contributed by atoms with Gasteiger partial charge in [-0.2, -0.15) is 0 Å². The molecule has 0 fully saturated rings. The molecule has 0 bridgehead atoms. The largest absolute Gasteiger partial charge is 0.493 e. The predicted octanol–water partition coefficient (Wildman–Crippen LogP) is 3.11. The number of methoxy groups -OCH3 is 2. The van der Waals surface area contributed by atoms with Crippen molar-refractivity contribution in [2.75, 3.05) is 31.5 Å². The Morgan fingerprint density at radius 1 is 0.964 bits per heavy atom. The maximum absolute atomic E-state index is 12.2. The summed E-state index contributed by atoms with van der Waals surface area (Å²) in [5.74, 6) is -0.892. The van der Waals surface area contributed by atoms with Gasteiger partial charge in [0.2, 0.25) is 5.91 Å². The van der Waals surface area contributed by atoms with Crippen LogP contribution in [0.25, 0.3) is 0 Å². The topological polar surface area (TPSA) is 103 Å². The lowest BCUT2D eigenvalue weighted by molar-refractivity contribution is -0.119. The maximum Gasteiger partial charge on any atom is 0.338 e. The van der Waals surface area contributed by atoms with E-state index in [1.807, 2.05) is 0 Å². The van der Waals surface area contributed by atoms with Crippen molar-refractivity contribution in [1.29, 1.82) is 0 Å². The third-order valence-corrected chi connectivity index (χ3v) is 3.77. The highest BCUT2D eigenvalue weighted by Gasteiger charge is 2.17. The highest BCUT2D eigenvalue weighted by molar-refractivity contribution is 6.32. The molecule has 9 heteroatoms. The molecule has 2 aromatic rings. The summed E-state index contributed by atoms with van der Waals surface area (Å²) in [6.07, 6.45) is 0. The molecular weight excluding hydrogens is 388 g/mol. The lowest BCUT2D eigenvalue weighted by atomic mass is 10.2. The molecule has 0 radical (unpaired) electrons. The molecule has 0 aliphatic rings. The van der Waals surface area contributed by atoms with Gasteiger partial charge >= 0.3 is 5.97 Å². The molecule has 0 aromatic heterocycles. The van der Waals surface area contributed by atoms with Gasteiger partial charge in [0.25, 0.3) is 5.91 Å². The molecule has 0 aliphatic carbocycles. The van der Waals surface area contributed by atoms with Crippen LogP contribution in [0.1, 0.15) is 17.3 Å². The molecular formula is C19H19ClN2O6. The minimum absolute atomic E-state index is 0.120. The van der Waals surface area contributed by atoms with Crippen molar-refractivity contribution in [2.24, 2.45) is 0 Å². The van der Waals surface area contributed by atoms with Crippen LogP contribution in [0.3, 0.4) is 0 Å². The normalized spacial score (nSPS) is 10.0. The molecule has 0 heterocycles. The second kappa shape index (κ2) is 9.61. The highest BCUT2D eigenvalue weighted by Crippen LogP contribution is 2.36. The summed E-state index contributed by atoms with van der Waals surface area (Å²) >= 11 is 6.05. The molecule has 0 aliphatic heterocycles. The summed E-state index contributed by atoms with van der Waals surface area (Å²) in [6.45, 7) is 0.911. The highest BCUT2D eigenvalue weighted by atomic mass is 35.5. The molecule has 0 spiro atoms. The Bertz CT molecular complexity index is 883. The summed E-state index contributed by atoms with van der Waals surface area (Å²) in [4.78, 5) is 35.1. The minimum Gasteiger partial charge on any atom is -0.493 e. The molecule has 2 amide bonds. The third kappa shape index (κ3) is 5.62. The lowest BCUT2D eigenvalue weighted by Crippen LogP contribution is -2.21. The van der Waals surface area contributed by atoms with E-state index in [4.69, 9.17) is 25.8 Å². The third-order valence-electron chi connectivity index (χ3n) is 3.49. The predicted molar refractivity (Wildman–Crippen MR) is 104 cm³/mol. The quantitative estimate of drug-likeness (QED) is 0.685. The Morgan fingerprint density at radius 2 is 1.57 bits per heavy atom. The number of carbonyl (C=O) groups excluding carboxylic acids is 3. The van der Waals surface area contributed by atoms with Gasteiger partial charge in [0.1, 0.15) is 0 Å². The van der Waals surface area contributed by atoms with Crippen molar-refractivity contribution >= 4 is 40.8 Å². The van der Waals surface area contributed by atoms with E-state index in [2.05, 4.69) is 10.6 Å². The fourth-order valence-electron chi connectivity index (χ4n) is 2.29. The molecule has 0 saturated heterocycles. The Labute approximate surface area is 166 Å². The monoisotopic (exact) mass is 406 g/mol. The van der Waals surface area contributed by atoms with E-state index in [0.29, 0.717) is 17.1 Å². The summed E-state index contributed by atoms with van der Waals surface area (Å²) in [5.41, 5.74) is 1.21. The van der Waals surface area contributed by atoms with Crippen molar-refractivity contribution in [1.82, 2.24) is 0 Å². The number of hydrogen-bond donors (Lipinski definition) is 2. The van der Waals surface area contributed by atoms with Crippen LogP contribution in [0.5, 0.6) is 11.5 Å². The van der Waals surface area contributed by atoms with Crippen LogP contribution in [0.15, 0.2) is 36.4 Å². The van der Waals surface area contributed by atoms with E-state index in [0.717, 1.165) is 0 Å². The zero-order chi connectivity index (χ0) is 20.7. The average molecular weight is 407 g/mol. The van der Waals surface area contributed by atoms with Crippen molar-refractivity contribution in [3.63, 3.8) is 0 Å². The van der Waals surface area contributed by atoms with Crippen LogP contribution in [0, 0.1) is 0 Å². The van der Waals surface area contributed by atoms with Gasteiger partial charge in [-0.05, 0) is 36.4 Å². The second-order valence-electron chi connectivity index (χ2n) is 5.58. The number of esters is 1. The first-order valence-corrected chi connectivity index (χ1v) is 8.48. The minimum atomic E-state index is -0.737. The summed E-state index contributed by atoms with van der Waals surface area (Å²) in [5, 5.41) is 5.37. The van der Waals surface area contributed by atoms with Gasteiger partial charge in [0, 0.05) is 18.3 Å². The fraction of sp³-hybridized carbons (Fsp3) is 0.211. The first-order valence-electron chi connectivity index (χ1n) is 8.10. The summed E-state index contributed by atoms with van der Waals surface area (Å²) in [7, 11) is 2.84. The standard InChI is InChI=1S/C19H19ClN2O6/c1-11(23)21-13-4-6-14(7-5-13)22-17(24)10-28-19(25)12-8-15(20)18(27-3)16(9-12)26-2/h4-9H,10H2,1-3H3,(H,21,23)(H,22,24). The second-order valence-corrected chi connectivity index (χ2v) is 5.98. The number of benzene rings is 2. The van der Waals surface area contributed by atoms with Gasteiger partial charge in [-0.15, -0.1) is 0 Å². The van der Waals surface area contributed by atoms with Gasteiger partial charge in [-0.25, -0.2) is 4.79 Å². The van der Waals surface area contributed by atoms with Crippen LogP contribution >= 0.6 is 11.6 Å². The average Bonchev–Trinajstić information content (AvgIpc) is 2.66. The SMILES string of the molecule is COc1cc(C(=O)OCC(=O)Nc2ccc(NC(C)=O)cc2)cc(Cl)c1OC. The number of halogens is 1. The van der Waals surface area contributed by atoms with Crippen molar-refractivity contribution < 1.29 is 28.6 Å². The molecule has 0 atom stereocenters. The number of rotatable bonds is 7. The summed E-state index contributed by atoms with van der Waals surface area (Å²) in [6, 6.07) is 9.26. The fourth-order valence-corrected chi connectivity index (χ4v) is 2.58. The molecule has 2 rings (SSSR count). The Balaban J connectivity index is 1.94. The van der Waals surface area contributed by atoms with E-state index >= 15 is 0 Å². The van der Waals surface area contributed by atoms with Crippen LogP contribution < -0.4 is 20.1 Å². The van der Waals surface area contributed by atoms with E-state index < -0.39 is 18.5 Å².